The summed E-state index contributed by atoms with van der Waals surface area (Å²) in [7, 11) is -4.22. The van der Waals surface area contributed by atoms with Crippen molar-refractivity contribution in [2.45, 2.75) is 11.8 Å². The lowest BCUT2D eigenvalue weighted by molar-refractivity contribution is -0.255. The fraction of sp³-hybridized carbons (Fsp3) is 0.429. The van der Waals surface area contributed by atoms with Crippen LogP contribution < -0.4 is 5.11 Å². The molecule has 0 aliphatic carbocycles. The first kappa shape index (κ1) is 18.1. The molecule has 8 nitrogen and oxygen atoms in total. The number of ether oxygens (including phenoxy) is 1. The van der Waals surface area contributed by atoms with Gasteiger partial charge in [-0.1, -0.05) is 6.07 Å². The maximum absolute atomic E-state index is 13.9. The largest absolute Gasteiger partial charge is 0.545 e. The first-order valence-electron chi connectivity index (χ1n) is 7.20. The normalized spacial score (nSPS) is 16.0. The SMILES string of the molecule is CCOC(=O)N1CCN(S(=O)(=O)c2cc(C(=O)[O-])ccc2F)CC1. The summed E-state index contributed by atoms with van der Waals surface area (Å²) in [6.45, 7) is 1.97. The third kappa shape index (κ3) is 3.65. The number of carbonyl (C=O) groups is 2. The molecule has 2 rings (SSSR count). The van der Waals surface area contributed by atoms with E-state index in [4.69, 9.17) is 4.74 Å². The molecule has 10 heteroatoms. The van der Waals surface area contributed by atoms with E-state index in [1.807, 2.05) is 0 Å². The summed E-state index contributed by atoms with van der Waals surface area (Å²) in [5.74, 6) is -2.65. The summed E-state index contributed by atoms with van der Waals surface area (Å²) in [4.78, 5) is 23.1. The summed E-state index contributed by atoms with van der Waals surface area (Å²) >= 11 is 0. The maximum atomic E-state index is 13.9. The number of halogens is 1. The number of nitrogens with zero attached hydrogens (tertiary/aromatic N) is 2. The quantitative estimate of drug-likeness (QED) is 0.727. The van der Waals surface area contributed by atoms with Gasteiger partial charge in [-0.2, -0.15) is 4.31 Å². The highest BCUT2D eigenvalue weighted by Gasteiger charge is 2.32. The van der Waals surface area contributed by atoms with Crippen molar-refractivity contribution in [2.24, 2.45) is 0 Å². The van der Waals surface area contributed by atoms with E-state index in [1.54, 1.807) is 6.92 Å². The molecule has 0 atom stereocenters. The number of carboxylic acids is 1. The average Bonchev–Trinajstić information content (AvgIpc) is 2.55. The fourth-order valence-electron chi connectivity index (χ4n) is 2.29. The molecule has 0 bridgehead atoms. The van der Waals surface area contributed by atoms with Gasteiger partial charge in [0.05, 0.1) is 12.6 Å². The molecule has 1 aliphatic heterocycles. The number of carbonyl (C=O) groups excluding carboxylic acids is 2. The van der Waals surface area contributed by atoms with Gasteiger partial charge in [-0.05, 0) is 24.6 Å². The number of sulfonamides is 1. The molecule has 24 heavy (non-hydrogen) atoms. The Morgan fingerprint density at radius 3 is 2.42 bits per heavy atom. The Balaban J connectivity index is 2.19. The predicted molar refractivity (Wildman–Crippen MR) is 78.1 cm³/mol. The Morgan fingerprint density at radius 2 is 1.88 bits per heavy atom. The minimum atomic E-state index is -4.22. The molecule has 1 amide bonds. The van der Waals surface area contributed by atoms with Gasteiger partial charge in [0.2, 0.25) is 10.0 Å². The third-order valence-corrected chi connectivity index (χ3v) is 5.46. The van der Waals surface area contributed by atoms with Crippen molar-refractivity contribution < 1.29 is 32.2 Å². The molecule has 132 valence electrons. The lowest BCUT2D eigenvalue weighted by Crippen LogP contribution is -2.50. The van der Waals surface area contributed by atoms with Crippen molar-refractivity contribution in [3.05, 3.63) is 29.6 Å². The summed E-state index contributed by atoms with van der Waals surface area (Å²) in [5.41, 5.74) is -0.430. The molecule has 1 aromatic carbocycles. The van der Waals surface area contributed by atoms with Crippen LogP contribution in [0.25, 0.3) is 0 Å². The average molecular weight is 359 g/mol. The van der Waals surface area contributed by atoms with Gasteiger partial charge < -0.3 is 19.5 Å². The van der Waals surface area contributed by atoms with Crippen molar-refractivity contribution in [3.8, 4) is 0 Å². The number of aromatic carboxylic acids is 1. The fourth-order valence-corrected chi connectivity index (χ4v) is 3.81. The standard InChI is InChI=1S/C14H17FN2O6S/c1-2-23-14(20)16-5-7-17(8-6-16)24(21,22)12-9-10(13(18)19)3-4-11(12)15/h3-4,9H,2,5-8H2,1H3,(H,18,19)/p-1. The van der Waals surface area contributed by atoms with Gasteiger partial charge in [-0.25, -0.2) is 17.6 Å². The van der Waals surface area contributed by atoms with Crippen LogP contribution in [0.3, 0.4) is 0 Å². The van der Waals surface area contributed by atoms with E-state index in [0.717, 1.165) is 22.5 Å². The number of piperazine rings is 1. The van der Waals surface area contributed by atoms with E-state index < -0.39 is 38.4 Å². The first-order valence-corrected chi connectivity index (χ1v) is 8.64. The first-order chi connectivity index (χ1) is 11.3. The van der Waals surface area contributed by atoms with Crippen LogP contribution in [0.4, 0.5) is 9.18 Å². The molecule has 0 saturated carbocycles. The molecular weight excluding hydrogens is 343 g/mol. The second-order valence-electron chi connectivity index (χ2n) is 5.02. The number of rotatable bonds is 4. The molecule has 0 aromatic heterocycles. The topological polar surface area (TPSA) is 107 Å². The van der Waals surface area contributed by atoms with Crippen LogP contribution in [0.15, 0.2) is 23.1 Å². The van der Waals surface area contributed by atoms with E-state index in [9.17, 15) is 27.5 Å². The molecule has 1 saturated heterocycles. The molecule has 0 N–H and O–H groups in total. The van der Waals surface area contributed by atoms with Crippen LogP contribution >= 0.6 is 0 Å². The highest BCUT2D eigenvalue weighted by molar-refractivity contribution is 7.89. The Bertz CT molecular complexity index is 744. The molecule has 0 unspecified atom stereocenters. The molecule has 1 heterocycles. The summed E-state index contributed by atoms with van der Waals surface area (Å²) in [5, 5.41) is 10.8. The molecular formula is C14H16FN2O6S-. The summed E-state index contributed by atoms with van der Waals surface area (Å²) in [6, 6.07) is 2.44. The van der Waals surface area contributed by atoms with Crippen LogP contribution in [0.2, 0.25) is 0 Å². The molecule has 0 radical (unpaired) electrons. The molecule has 1 aliphatic rings. The smallest absolute Gasteiger partial charge is 0.409 e. The number of amides is 1. The summed E-state index contributed by atoms with van der Waals surface area (Å²) < 4.78 is 44.8. The zero-order valence-electron chi connectivity index (χ0n) is 12.9. The highest BCUT2D eigenvalue weighted by atomic mass is 32.2. The van der Waals surface area contributed by atoms with Crippen molar-refractivity contribution >= 4 is 22.1 Å². The predicted octanol–water partition coefficient (Wildman–Crippen LogP) is -0.348. The number of carboxylic acid groups (broad SMARTS) is 1. The van der Waals surface area contributed by atoms with Gasteiger partial charge >= 0.3 is 6.09 Å². The highest BCUT2D eigenvalue weighted by Crippen LogP contribution is 2.22. The van der Waals surface area contributed by atoms with E-state index >= 15 is 0 Å². The van der Waals surface area contributed by atoms with Crippen LogP contribution in [0.1, 0.15) is 17.3 Å². The van der Waals surface area contributed by atoms with Crippen molar-refractivity contribution in [3.63, 3.8) is 0 Å². The second kappa shape index (κ2) is 7.14. The Hall–Kier alpha value is -2.20. The minimum Gasteiger partial charge on any atom is -0.545 e. The van der Waals surface area contributed by atoms with E-state index in [2.05, 4.69) is 0 Å². The van der Waals surface area contributed by atoms with Crippen molar-refractivity contribution in [2.75, 3.05) is 32.8 Å². The lowest BCUT2D eigenvalue weighted by Gasteiger charge is -2.33. The number of hydrogen-bond acceptors (Lipinski definition) is 6. The van der Waals surface area contributed by atoms with Crippen LogP contribution in [0.5, 0.6) is 0 Å². The van der Waals surface area contributed by atoms with Gasteiger partial charge in [0.1, 0.15) is 10.7 Å². The summed E-state index contributed by atoms with van der Waals surface area (Å²) in [6.07, 6.45) is -0.542. The zero-order valence-corrected chi connectivity index (χ0v) is 13.7. The van der Waals surface area contributed by atoms with Gasteiger partial charge in [0.25, 0.3) is 0 Å². The Labute approximate surface area is 138 Å². The lowest BCUT2D eigenvalue weighted by atomic mass is 10.2. The van der Waals surface area contributed by atoms with Crippen LogP contribution in [-0.4, -0.2) is 62.5 Å². The Kier molecular flexibility index (Phi) is 5.40. The van der Waals surface area contributed by atoms with E-state index in [0.29, 0.717) is 0 Å². The van der Waals surface area contributed by atoms with E-state index in [-0.39, 0.29) is 32.8 Å². The van der Waals surface area contributed by atoms with Crippen molar-refractivity contribution in [1.82, 2.24) is 9.21 Å². The van der Waals surface area contributed by atoms with Gasteiger partial charge in [-0.3, -0.25) is 0 Å². The molecule has 0 spiro atoms. The van der Waals surface area contributed by atoms with Crippen molar-refractivity contribution in [1.29, 1.82) is 0 Å². The monoisotopic (exact) mass is 359 g/mol. The van der Waals surface area contributed by atoms with Gasteiger partial charge in [0, 0.05) is 26.2 Å². The maximum Gasteiger partial charge on any atom is 0.409 e. The Morgan fingerprint density at radius 1 is 1.25 bits per heavy atom. The van der Waals surface area contributed by atoms with Crippen LogP contribution in [-0.2, 0) is 14.8 Å². The minimum absolute atomic E-state index is 0.0455. The number of benzene rings is 1. The number of hydrogen-bond donors (Lipinski definition) is 0. The third-order valence-electron chi connectivity index (χ3n) is 3.55. The second-order valence-corrected chi connectivity index (χ2v) is 6.93. The van der Waals surface area contributed by atoms with Gasteiger partial charge in [-0.15, -0.1) is 0 Å². The molecule has 1 fully saturated rings. The van der Waals surface area contributed by atoms with E-state index in [1.165, 1.54) is 4.90 Å². The van der Waals surface area contributed by atoms with Gasteiger partial charge in [0.15, 0.2) is 0 Å². The van der Waals surface area contributed by atoms with Crippen LogP contribution in [0, 0.1) is 5.82 Å². The molecule has 1 aromatic rings. The zero-order chi connectivity index (χ0) is 17.9.